The summed E-state index contributed by atoms with van der Waals surface area (Å²) in [4.78, 5) is 16.0. The van der Waals surface area contributed by atoms with Crippen molar-refractivity contribution in [2.24, 2.45) is 16.7 Å². The molecule has 2 aliphatic carbocycles. The van der Waals surface area contributed by atoms with E-state index in [2.05, 4.69) is 11.5 Å². The van der Waals surface area contributed by atoms with Crippen LogP contribution in [-0.4, -0.2) is 112 Å². The summed E-state index contributed by atoms with van der Waals surface area (Å²) in [5, 5.41) is 46.5. The highest BCUT2D eigenvalue weighted by atomic mass is 16.6. The van der Waals surface area contributed by atoms with E-state index in [1.165, 1.54) is 6.08 Å². The quantitative estimate of drug-likeness (QED) is 0.380. The Kier molecular flexibility index (Phi) is 7.32. The number of hydrogen-bond acceptors (Lipinski definition) is 9. The molecule has 0 aromatic heterocycles. The Morgan fingerprint density at radius 2 is 1.83 bits per heavy atom. The van der Waals surface area contributed by atoms with Gasteiger partial charge in [-0.25, -0.2) is 0 Å². The molecule has 4 rings (SSSR count). The second-order valence-corrected chi connectivity index (χ2v) is 12.7. The van der Waals surface area contributed by atoms with Crippen molar-refractivity contribution in [3.05, 3.63) is 12.7 Å². The van der Waals surface area contributed by atoms with Gasteiger partial charge in [-0.3, -0.25) is 9.69 Å². The highest BCUT2D eigenvalue weighted by Gasteiger charge is 2.80. The summed E-state index contributed by atoms with van der Waals surface area (Å²) < 4.78 is 18.1. The molecule has 0 bridgehead atoms. The number of ether oxygens (including phenoxy) is 3. The number of fused-ring (bicyclic) bond motifs is 3. The van der Waals surface area contributed by atoms with Crippen molar-refractivity contribution in [3.63, 3.8) is 0 Å². The molecule has 36 heavy (non-hydrogen) atoms. The van der Waals surface area contributed by atoms with Crippen molar-refractivity contribution < 1.29 is 39.4 Å². The lowest BCUT2D eigenvalue weighted by Crippen LogP contribution is -2.86. The van der Waals surface area contributed by atoms with Gasteiger partial charge in [0.15, 0.2) is 11.4 Å². The molecule has 0 aromatic carbocycles. The summed E-state index contributed by atoms with van der Waals surface area (Å²) >= 11 is 0. The number of carbonyl (C=O) groups excluding carboxylic acids is 1. The van der Waals surface area contributed by atoms with Gasteiger partial charge < -0.3 is 34.6 Å². The Bertz CT molecular complexity index is 861. The van der Waals surface area contributed by atoms with Crippen LogP contribution in [0.1, 0.15) is 53.9 Å². The fraction of sp³-hybridized carbons (Fsp3) is 0.889. The van der Waals surface area contributed by atoms with Crippen molar-refractivity contribution in [1.82, 2.24) is 4.90 Å². The number of aliphatic hydroxyl groups is 4. The molecule has 2 saturated carbocycles. The van der Waals surface area contributed by atoms with E-state index in [1.54, 1.807) is 20.8 Å². The topological polar surface area (TPSA) is 129 Å². The minimum absolute atomic E-state index is 0.111. The molecule has 4 N–H and O–H groups in total. The molecule has 0 radical (unpaired) electrons. The lowest BCUT2D eigenvalue weighted by Gasteiger charge is -2.71. The summed E-state index contributed by atoms with van der Waals surface area (Å²) in [6.07, 6.45) is -1.75. The predicted octanol–water partition coefficient (Wildman–Crippen LogP) is 0.667. The fourth-order valence-electron chi connectivity index (χ4n) is 7.90. The van der Waals surface area contributed by atoms with Gasteiger partial charge in [-0.05, 0) is 32.1 Å². The molecular weight excluding hydrogens is 466 g/mol. The average Bonchev–Trinajstić information content (AvgIpc) is 2.80. The van der Waals surface area contributed by atoms with Gasteiger partial charge in [-0.15, -0.1) is 6.58 Å². The van der Waals surface area contributed by atoms with E-state index in [1.807, 2.05) is 13.8 Å². The molecule has 206 valence electrons. The molecule has 2 saturated heterocycles. The minimum Gasteiger partial charge on any atom is -0.392 e. The van der Waals surface area contributed by atoms with E-state index < -0.39 is 63.8 Å². The van der Waals surface area contributed by atoms with Crippen LogP contribution in [0.3, 0.4) is 0 Å². The van der Waals surface area contributed by atoms with Crippen molar-refractivity contribution in [3.8, 4) is 0 Å². The molecule has 2 heterocycles. The van der Waals surface area contributed by atoms with Gasteiger partial charge in [-0.2, -0.15) is 0 Å². The predicted molar refractivity (Wildman–Crippen MR) is 132 cm³/mol. The molecule has 9 nitrogen and oxygen atoms in total. The SMILES string of the molecule is C=C[C@@]1(C)CC(=O)[C@@]2(O)[C@](C)(O1)[C@@H](OCC(O)CN1CCOCC1)[C@@H](O)C1C(C)(C)CC[C@H](O)[C@@]12C. The number of carbonyl (C=O) groups is 1. The van der Waals surface area contributed by atoms with E-state index >= 15 is 0 Å². The average molecular weight is 512 g/mol. The first-order valence-corrected chi connectivity index (χ1v) is 13.2. The number of hydrogen-bond donors (Lipinski definition) is 4. The second kappa shape index (κ2) is 9.38. The van der Waals surface area contributed by atoms with Gasteiger partial charge in [0.25, 0.3) is 0 Å². The highest BCUT2D eigenvalue weighted by Crippen LogP contribution is 2.67. The maximum absolute atomic E-state index is 13.9. The zero-order valence-corrected chi connectivity index (χ0v) is 22.4. The Morgan fingerprint density at radius 3 is 2.44 bits per heavy atom. The molecule has 0 aromatic rings. The second-order valence-electron chi connectivity index (χ2n) is 12.7. The normalized spacial score (nSPS) is 48.1. The molecule has 9 heteroatoms. The van der Waals surface area contributed by atoms with Gasteiger partial charge in [0, 0.05) is 37.4 Å². The molecule has 2 aliphatic heterocycles. The van der Waals surface area contributed by atoms with Crippen molar-refractivity contribution in [1.29, 1.82) is 0 Å². The fourth-order valence-corrected chi connectivity index (χ4v) is 7.90. The summed E-state index contributed by atoms with van der Waals surface area (Å²) in [7, 11) is 0. The number of nitrogens with zero attached hydrogens (tertiary/aromatic N) is 1. The number of aliphatic hydroxyl groups excluding tert-OH is 3. The van der Waals surface area contributed by atoms with Crippen LogP contribution in [0.25, 0.3) is 0 Å². The Labute approximate surface area is 214 Å². The van der Waals surface area contributed by atoms with Gasteiger partial charge in [0.05, 0.1) is 43.7 Å². The van der Waals surface area contributed by atoms with Crippen LogP contribution < -0.4 is 0 Å². The lowest BCUT2D eigenvalue weighted by molar-refractivity contribution is -0.376. The Morgan fingerprint density at radius 1 is 1.19 bits per heavy atom. The summed E-state index contributed by atoms with van der Waals surface area (Å²) in [6, 6.07) is 0. The van der Waals surface area contributed by atoms with Gasteiger partial charge >= 0.3 is 0 Å². The van der Waals surface area contributed by atoms with Crippen LogP contribution in [0.5, 0.6) is 0 Å². The molecule has 0 amide bonds. The lowest BCUT2D eigenvalue weighted by atomic mass is 9.40. The molecule has 4 aliphatic rings. The third kappa shape index (κ3) is 4.02. The highest BCUT2D eigenvalue weighted by molar-refractivity contribution is 5.92. The first kappa shape index (κ1) is 28.1. The zero-order chi connectivity index (χ0) is 26.7. The molecular formula is C27H45NO8. The van der Waals surface area contributed by atoms with Crippen LogP contribution in [0.2, 0.25) is 0 Å². The van der Waals surface area contributed by atoms with E-state index in [4.69, 9.17) is 14.2 Å². The number of rotatable bonds is 6. The minimum atomic E-state index is -2.14. The maximum atomic E-state index is 13.9. The van der Waals surface area contributed by atoms with E-state index in [-0.39, 0.29) is 13.0 Å². The van der Waals surface area contributed by atoms with Crippen LogP contribution >= 0.6 is 0 Å². The summed E-state index contributed by atoms with van der Waals surface area (Å²) in [5.74, 6) is -1.12. The summed E-state index contributed by atoms with van der Waals surface area (Å²) in [5.41, 5.74) is -6.82. The van der Waals surface area contributed by atoms with Crippen LogP contribution in [0.4, 0.5) is 0 Å². The van der Waals surface area contributed by atoms with Gasteiger partial charge in [0.2, 0.25) is 0 Å². The monoisotopic (exact) mass is 511 g/mol. The number of Topliss-reactive ketones (excluding diaryl/α,β-unsaturated/α-hetero) is 1. The Balaban J connectivity index is 1.73. The zero-order valence-electron chi connectivity index (χ0n) is 22.4. The van der Waals surface area contributed by atoms with Crippen molar-refractivity contribution in [2.75, 3.05) is 39.5 Å². The molecule has 2 unspecified atom stereocenters. The Hall–Kier alpha value is -0.910. The number of ketones is 1. The van der Waals surface area contributed by atoms with Crippen LogP contribution in [0, 0.1) is 16.7 Å². The van der Waals surface area contributed by atoms with Gasteiger partial charge in [0.1, 0.15) is 11.7 Å². The molecule has 4 fully saturated rings. The van der Waals surface area contributed by atoms with Crippen molar-refractivity contribution in [2.45, 2.75) is 95.1 Å². The largest absolute Gasteiger partial charge is 0.392 e. The summed E-state index contributed by atoms with van der Waals surface area (Å²) in [6.45, 7) is 15.7. The number of β-amino-alcohol motifs (C(OH)–C–C–N with tert-alkyl or cyclic N) is 1. The first-order chi connectivity index (χ1) is 16.7. The first-order valence-electron chi connectivity index (χ1n) is 13.2. The van der Waals surface area contributed by atoms with Gasteiger partial charge in [-0.1, -0.05) is 26.8 Å². The third-order valence-electron chi connectivity index (χ3n) is 9.77. The van der Waals surface area contributed by atoms with Crippen LogP contribution in [0.15, 0.2) is 12.7 Å². The van der Waals surface area contributed by atoms with E-state index in [0.717, 1.165) is 0 Å². The van der Waals surface area contributed by atoms with Crippen molar-refractivity contribution >= 4 is 5.78 Å². The van der Waals surface area contributed by atoms with E-state index in [9.17, 15) is 25.2 Å². The molecule has 9 atom stereocenters. The smallest absolute Gasteiger partial charge is 0.171 e. The maximum Gasteiger partial charge on any atom is 0.171 e. The molecule has 0 spiro atoms. The standard InChI is InChI=1S/C27H45NO8/c1-7-24(4)14-19(31)27(33)25(5)18(30)8-9-23(2,3)21(25)20(32)22(26(27,6)36-24)35-16-17(29)15-28-10-12-34-13-11-28/h7,17-18,20-22,29-30,32-33H,1,8-16H2,2-6H3/t17?,18-,20-,21?,22-,24-,25-,26+,27-/m0/s1. The van der Waals surface area contributed by atoms with Crippen LogP contribution in [-0.2, 0) is 19.0 Å². The third-order valence-corrected chi connectivity index (χ3v) is 9.77. The number of morpholine rings is 1. The van der Waals surface area contributed by atoms with E-state index in [0.29, 0.717) is 45.7 Å².